The fourth-order valence-corrected chi connectivity index (χ4v) is 5.67. The molecule has 2 N–H and O–H groups in total. The summed E-state index contributed by atoms with van der Waals surface area (Å²) < 4.78 is 33.1. The maximum absolute atomic E-state index is 12.9. The molecule has 8 nitrogen and oxygen atoms in total. The quantitative estimate of drug-likeness (QED) is 0.621. The minimum absolute atomic E-state index is 0.116. The number of benzene rings is 1. The van der Waals surface area contributed by atoms with Crippen LogP contribution in [0.4, 0.5) is 0 Å². The molecule has 3 rings (SSSR count). The first-order chi connectivity index (χ1) is 14.7. The average molecular weight is 452 g/mol. The van der Waals surface area contributed by atoms with Gasteiger partial charge in [0.2, 0.25) is 0 Å². The number of aromatic hydroxyl groups is 1. The van der Waals surface area contributed by atoms with Crippen LogP contribution in [0.2, 0.25) is 0 Å². The van der Waals surface area contributed by atoms with E-state index in [1.165, 1.54) is 27.4 Å². The molecule has 0 unspecified atom stereocenters. The molecule has 0 aromatic heterocycles. The first kappa shape index (κ1) is 23.6. The van der Waals surface area contributed by atoms with Crippen molar-refractivity contribution in [1.29, 1.82) is 0 Å². The van der Waals surface area contributed by atoms with Gasteiger partial charge in [-0.05, 0) is 50.7 Å². The largest absolute Gasteiger partial charge is 0.507 e. The van der Waals surface area contributed by atoms with E-state index >= 15 is 0 Å². The molecular weight excluding hydrogens is 418 g/mol. The van der Waals surface area contributed by atoms with Gasteiger partial charge in [0.05, 0.1) is 7.11 Å². The van der Waals surface area contributed by atoms with Crippen LogP contribution >= 0.6 is 0 Å². The molecular formula is C22H33N3O5S. The second kappa shape index (κ2) is 9.58. The number of carbonyl (C=O) groups excluding carboxylic acids is 1. The maximum atomic E-state index is 12.9. The molecule has 1 aromatic carbocycles. The van der Waals surface area contributed by atoms with Gasteiger partial charge in [0.1, 0.15) is 17.1 Å². The lowest BCUT2D eigenvalue weighted by Crippen LogP contribution is -2.51. The molecule has 31 heavy (non-hydrogen) atoms. The summed E-state index contributed by atoms with van der Waals surface area (Å²) in [5.74, 6) is -0.209. The predicted octanol–water partition coefficient (Wildman–Crippen LogP) is 2.52. The number of methoxy groups -OCH3 is 1. The van der Waals surface area contributed by atoms with Crippen LogP contribution in [0.1, 0.15) is 48.9 Å². The van der Waals surface area contributed by atoms with Crippen LogP contribution in [0.3, 0.4) is 0 Å². The monoisotopic (exact) mass is 451 g/mol. The molecule has 0 radical (unpaired) electrons. The molecule has 1 aromatic rings. The number of ether oxygens (including phenoxy) is 1. The molecule has 1 aliphatic heterocycles. The van der Waals surface area contributed by atoms with Crippen LogP contribution in [0, 0.1) is 5.41 Å². The third-order valence-electron chi connectivity index (χ3n) is 6.48. The standard InChI is InChI=1S/C22H33N3O5S/c1-24(2)31(28,29)25-14-12-22(13-15-25,17-8-5-4-6-9-17)16-23-21(27)20-18(26)10-7-11-19(20)30-3/h7-8,10-11,26H,4-6,9,12-16H2,1-3H3,(H,23,27). The Balaban J connectivity index is 1.80. The molecule has 2 aliphatic rings. The Bertz CT molecular complexity index is 934. The maximum Gasteiger partial charge on any atom is 0.281 e. The number of amides is 1. The Morgan fingerprint density at radius 3 is 2.55 bits per heavy atom. The second-order valence-corrected chi connectivity index (χ2v) is 10.6. The van der Waals surface area contributed by atoms with Gasteiger partial charge in [-0.2, -0.15) is 17.0 Å². The lowest BCUT2D eigenvalue weighted by Gasteiger charge is -2.44. The van der Waals surface area contributed by atoms with Crippen LogP contribution in [0.5, 0.6) is 11.5 Å². The summed E-state index contributed by atoms with van der Waals surface area (Å²) in [6.07, 6.45) is 7.80. The molecule has 1 aliphatic carbocycles. The average Bonchev–Trinajstić information content (AvgIpc) is 2.78. The van der Waals surface area contributed by atoms with Gasteiger partial charge in [-0.25, -0.2) is 0 Å². The van der Waals surface area contributed by atoms with Gasteiger partial charge in [0.25, 0.3) is 16.1 Å². The van der Waals surface area contributed by atoms with Crippen LogP contribution in [-0.2, 0) is 10.2 Å². The number of piperidine rings is 1. The Morgan fingerprint density at radius 1 is 1.26 bits per heavy atom. The lowest BCUT2D eigenvalue weighted by molar-refractivity contribution is 0.0910. The van der Waals surface area contributed by atoms with E-state index in [2.05, 4.69) is 11.4 Å². The van der Waals surface area contributed by atoms with Crippen molar-refractivity contribution in [3.05, 3.63) is 35.4 Å². The molecule has 1 heterocycles. The normalized spacial score (nSPS) is 19.7. The van der Waals surface area contributed by atoms with Crippen molar-refractivity contribution in [2.75, 3.05) is 40.8 Å². The topological polar surface area (TPSA) is 99.2 Å². The van der Waals surface area contributed by atoms with Crippen molar-refractivity contribution in [2.45, 2.75) is 38.5 Å². The van der Waals surface area contributed by atoms with E-state index in [0.29, 0.717) is 38.2 Å². The first-order valence-electron chi connectivity index (χ1n) is 10.7. The highest BCUT2D eigenvalue weighted by Gasteiger charge is 2.41. The van der Waals surface area contributed by atoms with Crippen molar-refractivity contribution in [2.24, 2.45) is 5.41 Å². The Morgan fingerprint density at radius 2 is 1.97 bits per heavy atom. The second-order valence-electron chi connectivity index (χ2n) is 8.48. The highest BCUT2D eigenvalue weighted by Crippen LogP contribution is 2.43. The van der Waals surface area contributed by atoms with Gasteiger partial charge >= 0.3 is 0 Å². The summed E-state index contributed by atoms with van der Waals surface area (Å²) in [5, 5.41) is 13.2. The van der Waals surface area contributed by atoms with Crippen molar-refractivity contribution >= 4 is 16.1 Å². The van der Waals surface area contributed by atoms with E-state index in [0.717, 1.165) is 25.7 Å². The molecule has 0 atom stereocenters. The van der Waals surface area contributed by atoms with E-state index in [1.807, 2.05) is 0 Å². The third-order valence-corrected chi connectivity index (χ3v) is 8.42. The molecule has 0 saturated carbocycles. The minimum atomic E-state index is -3.46. The Kier molecular flexibility index (Phi) is 7.28. The van der Waals surface area contributed by atoms with Crippen molar-refractivity contribution in [3.63, 3.8) is 0 Å². The summed E-state index contributed by atoms with van der Waals surface area (Å²) in [6, 6.07) is 4.72. The summed E-state index contributed by atoms with van der Waals surface area (Å²) >= 11 is 0. The third kappa shape index (κ3) is 4.88. The van der Waals surface area contributed by atoms with E-state index in [9.17, 15) is 18.3 Å². The zero-order valence-corrected chi connectivity index (χ0v) is 19.4. The zero-order chi connectivity index (χ0) is 22.6. The van der Waals surface area contributed by atoms with E-state index in [4.69, 9.17) is 4.74 Å². The number of rotatable bonds is 7. The lowest BCUT2D eigenvalue weighted by atomic mass is 9.69. The van der Waals surface area contributed by atoms with Gasteiger partial charge in [-0.1, -0.05) is 17.7 Å². The number of carbonyl (C=O) groups is 1. The van der Waals surface area contributed by atoms with Gasteiger partial charge in [0.15, 0.2) is 0 Å². The van der Waals surface area contributed by atoms with Crippen molar-refractivity contribution in [1.82, 2.24) is 13.9 Å². The fraction of sp³-hybridized carbons (Fsp3) is 0.591. The Hall–Kier alpha value is -2.10. The molecule has 9 heteroatoms. The van der Waals surface area contributed by atoms with Crippen molar-refractivity contribution in [3.8, 4) is 11.5 Å². The van der Waals surface area contributed by atoms with Gasteiger partial charge in [-0.15, -0.1) is 0 Å². The molecule has 0 bridgehead atoms. The van der Waals surface area contributed by atoms with Gasteiger partial charge in [-0.3, -0.25) is 4.79 Å². The summed E-state index contributed by atoms with van der Waals surface area (Å²) in [6.45, 7) is 1.21. The van der Waals surface area contributed by atoms with Gasteiger partial charge < -0.3 is 15.2 Å². The number of phenolic OH excluding ortho intramolecular Hbond substituents is 1. The van der Waals surface area contributed by atoms with Crippen LogP contribution < -0.4 is 10.1 Å². The van der Waals surface area contributed by atoms with Crippen LogP contribution in [0.25, 0.3) is 0 Å². The van der Waals surface area contributed by atoms with Crippen LogP contribution in [0.15, 0.2) is 29.8 Å². The number of hydrogen-bond acceptors (Lipinski definition) is 5. The Labute approximate surface area is 185 Å². The zero-order valence-electron chi connectivity index (χ0n) is 18.6. The smallest absolute Gasteiger partial charge is 0.281 e. The number of hydrogen-bond donors (Lipinski definition) is 2. The van der Waals surface area contributed by atoms with Gasteiger partial charge in [0, 0.05) is 39.1 Å². The van der Waals surface area contributed by atoms with E-state index in [-0.39, 0.29) is 16.7 Å². The molecule has 0 spiro atoms. The van der Waals surface area contributed by atoms with E-state index in [1.54, 1.807) is 26.2 Å². The summed E-state index contributed by atoms with van der Waals surface area (Å²) in [5.41, 5.74) is 1.14. The predicted molar refractivity (Wildman–Crippen MR) is 119 cm³/mol. The van der Waals surface area contributed by atoms with E-state index < -0.39 is 16.1 Å². The fourth-order valence-electron chi connectivity index (χ4n) is 4.56. The molecule has 1 fully saturated rings. The summed E-state index contributed by atoms with van der Waals surface area (Å²) in [7, 11) is 1.08. The SMILES string of the molecule is COc1cccc(O)c1C(=O)NCC1(C2=CCCCC2)CCN(S(=O)(=O)N(C)C)CC1. The molecule has 172 valence electrons. The first-order valence-corrected chi connectivity index (χ1v) is 12.1. The highest BCUT2D eigenvalue weighted by molar-refractivity contribution is 7.86. The number of nitrogens with one attached hydrogen (secondary N) is 1. The number of phenols is 1. The minimum Gasteiger partial charge on any atom is -0.507 e. The number of allylic oxidation sites excluding steroid dienone is 1. The molecule has 1 amide bonds. The molecule has 1 saturated heterocycles. The highest BCUT2D eigenvalue weighted by atomic mass is 32.2. The number of nitrogens with zero attached hydrogens (tertiary/aromatic N) is 2. The van der Waals surface area contributed by atoms with Crippen molar-refractivity contribution < 1.29 is 23.1 Å². The van der Waals surface area contributed by atoms with Crippen LogP contribution in [-0.4, -0.2) is 68.9 Å². The summed E-state index contributed by atoms with van der Waals surface area (Å²) in [4.78, 5) is 12.9.